The Balaban J connectivity index is 1.28. The van der Waals surface area contributed by atoms with Crippen molar-refractivity contribution in [2.24, 2.45) is 11.8 Å². The predicted molar refractivity (Wildman–Crippen MR) is 111 cm³/mol. The zero-order valence-electron chi connectivity index (χ0n) is 17.2. The fraction of sp³-hybridized carbons (Fsp3) is 0.435. The first-order valence-electron chi connectivity index (χ1n) is 10.5. The van der Waals surface area contributed by atoms with Gasteiger partial charge in [0.15, 0.2) is 5.69 Å². The van der Waals surface area contributed by atoms with E-state index in [1.807, 2.05) is 61.3 Å². The molecule has 2 fully saturated rings. The number of hydrogen-bond donors (Lipinski definition) is 1. The van der Waals surface area contributed by atoms with Crippen LogP contribution in [0.15, 0.2) is 42.6 Å². The highest BCUT2D eigenvalue weighted by Crippen LogP contribution is 2.38. The molecule has 7 nitrogen and oxygen atoms in total. The summed E-state index contributed by atoms with van der Waals surface area (Å²) in [5, 5.41) is 15.1. The second kappa shape index (κ2) is 7.40. The van der Waals surface area contributed by atoms with E-state index in [1.165, 1.54) is 0 Å². The van der Waals surface area contributed by atoms with Crippen molar-refractivity contribution >= 4 is 11.4 Å². The number of fused-ring (bicyclic) bond motifs is 2. The molecule has 1 saturated heterocycles. The molecule has 30 heavy (non-hydrogen) atoms. The van der Waals surface area contributed by atoms with Gasteiger partial charge in [-0.3, -0.25) is 9.78 Å². The Morgan fingerprint density at radius 3 is 2.70 bits per heavy atom. The highest BCUT2D eigenvalue weighted by molar-refractivity contribution is 5.93. The number of aryl methyl sites for hydroxylation is 2. The second-order valence-electron chi connectivity index (χ2n) is 8.56. The van der Waals surface area contributed by atoms with Gasteiger partial charge in [-0.05, 0) is 68.9 Å². The molecule has 1 amide bonds. The Hall–Kier alpha value is -2.93. The molecule has 0 spiro atoms. The second-order valence-corrected chi connectivity index (χ2v) is 8.56. The number of hydrogen-bond acceptors (Lipinski definition) is 5. The topological polar surface area (TPSA) is 80.0 Å². The zero-order valence-corrected chi connectivity index (χ0v) is 17.2. The summed E-state index contributed by atoms with van der Waals surface area (Å²) in [6, 6.07) is 11.4. The highest BCUT2D eigenvalue weighted by Gasteiger charge is 2.44. The van der Waals surface area contributed by atoms with Crippen LogP contribution in [-0.2, 0) is 0 Å². The van der Waals surface area contributed by atoms with Crippen LogP contribution in [0.5, 0.6) is 5.75 Å². The lowest BCUT2D eigenvalue weighted by atomic mass is 9.78. The van der Waals surface area contributed by atoms with Gasteiger partial charge >= 0.3 is 0 Å². The summed E-state index contributed by atoms with van der Waals surface area (Å²) in [6.07, 6.45) is 2.39. The van der Waals surface area contributed by atoms with Crippen LogP contribution in [-0.4, -0.2) is 55.8 Å². The number of carbonyl (C=O) groups is 1. The number of amides is 1. The lowest BCUT2D eigenvalue weighted by molar-refractivity contribution is -0.0236. The molecule has 4 atom stereocenters. The summed E-state index contributed by atoms with van der Waals surface area (Å²) in [5.41, 5.74) is 3.15. The summed E-state index contributed by atoms with van der Waals surface area (Å²) in [4.78, 5) is 19.4. The maximum atomic E-state index is 13.0. The monoisotopic (exact) mass is 406 g/mol. The molecule has 0 bridgehead atoms. The smallest absolute Gasteiger partial charge is 0.274 e. The molecule has 7 heteroatoms. The average molecular weight is 406 g/mol. The minimum absolute atomic E-state index is 0.0429. The van der Waals surface area contributed by atoms with Crippen molar-refractivity contribution in [1.29, 1.82) is 0 Å². The number of rotatable bonds is 3. The van der Waals surface area contributed by atoms with Crippen LogP contribution in [0.1, 0.15) is 34.7 Å². The molecular weight excluding hydrogens is 380 g/mol. The Morgan fingerprint density at radius 1 is 1.13 bits per heavy atom. The summed E-state index contributed by atoms with van der Waals surface area (Å²) in [6.45, 7) is 5.20. The molecule has 5 rings (SSSR count). The summed E-state index contributed by atoms with van der Waals surface area (Å²) >= 11 is 0. The van der Waals surface area contributed by atoms with Crippen LogP contribution < -0.4 is 4.74 Å². The van der Waals surface area contributed by atoms with Crippen LogP contribution >= 0.6 is 0 Å². The molecule has 4 heterocycles. The largest absolute Gasteiger partial charge is 0.486 e. The highest BCUT2D eigenvalue weighted by atomic mass is 16.5. The molecule has 0 unspecified atom stereocenters. The summed E-state index contributed by atoms with van der Waals surface area (Å²) < 4.78 is 7.87. The maximum Gasteiger partial charge on any atom is 0.274 e. The van der Waals surface area contributed by atoms with Crippen molar-refractivity contribution in [3.8, 4) is 5.75 Å². The molecule has 3 aromatic heterocycles. The molecule has 156 valence electrons. The number of pyridine rings is 2. The molecule has 1 aliphatic carbocycles. The predicted octanol–water partition coefficient (Wildman–Crippen LogP) is 2.64. The van der Waals surface area contributed by atoms with Crippen molar-refractivity contribution in [1.82, 2.24) is 19.5 Å². The first-order chi connectivity index (χ1) is 14.5. The van der Waals surface area contributed by atoms with Crippen LogP contribution in [0, 0.1) is 25.7 Å². The Morgan fingerprint density at radius 2 is 1.93 bits per heavy atom. The first-order valence-corrected chi connectivity index (χ1v) is 10.5. The van der Waals surface area contributed by atoms with E-state index in [1.54, 1.807) is 4.52 Å². The fourth-order valence-electron chi connectivity index (χ4n) is 4.85. The Labute approximate surface area is 175 Å². The molecule has 1 N–H and O–H groups in total. The Bertz CT molecular complexity index is 1060. The average Bonchev–Trinajstić information content (AvgIpc) is 3.33. The summed E-state index contributed by atoms with van der Waals surface area (Å²) in [5.74, 6) is 1.29. The van der Waals surface area contributed by atoms with Crippen LogP contribution in [0.2, 0.25) is 0 Å². The normalized spacial score (nSPS) is 26.0. The minimum Gasteiger partial charge on any atom is -0.486 e. The number of aliphatic hydroxyl groups is 1. The van der Waals surface area contributed by atoms with Gasteiger partial charge in [-0.25, -0.2) is 4.52 Å². The first kappa shape index (κ1) is 19.1. The van der Waals surface area contributed by atoms with E-state index < -0.39 is 6.10 Å². The van der Waals surface area contributed by atoms with Gasteiger partial charge in [-0.15, -0.1) is 0 Å². The van der Waals surface area contributed by atoms with E-state index in [-0.39, 0.29) is 17.9 Å². The maximum absolute atomic E-state index is 13.0. The number of likely N-dealkylation sites (tertiary alicyclic amines) is 1. The lowest BCUT2D eigenvalue weighted by Crippen LogP contribution is -2.42. The van der Waals surface area contributed by atoms with Crippen LogP contribution in [0.4, 0.5) is 0 Å². The third-order valence-corrected chi connectivity index (χ3v) is 6.42. The summed E-state index contributed by atoms with van der Waals surface area (Å²) in [7, 11) is 0. The molecule has 1 saturated carbocycles. The Kier molecular flexibility index (Phi) is 4.70. The van der Waals surface area contributed by atoms with E-state index >= 15 is 0 Å². The third kappa shape index (κ3) is 3.43. The number of ether oxygens (including phenoxy) is 1. The van der Waals surface area contributed by atoms with Gasteiger partial charge in [0, 0.05) is 25.0 Å². The van der Waals surface area contributed by atoms with E-state index in [4.69, 9.17) is 4.74 Å². The molecule has 0 radical (unpaired) electrons. The quantitative estimate of drug-likeness (QED) is 0.723. The molecule has 1 aliphatic heterocycles. The zero-order chi connectivity index (χ0) is 20.8. The van der Waals surface area contributed by atoms with Crippen molar-refractivity contribution in [2.45, 2.75) is 38.9 Å². The fourth-order valence-corrected chi connectivity index (χ4v) is 4.85. The molecular formula is C23H26N4O3. The van der Waals surface area contributed by atoms with Gasteiger partial charge < -0.3 is 14.7 Å². The third-order valence-electron chi connectivity index (χ3n) is 6.42. The van der Waals surface area contributed by atoms with Gasteiger partial charge in [0.1, 0.15) is 11.9 Å². The number of carbonyl (C=O) groups excluding carboxylic acids is 1. The number of nitrogens with zero attached hydrogens (tertiary/aromatic N) is 4. The molecule has 0 aromatic carbocycles. The van der Waals surface area contributed by atoms with Gasteiger partial charge in [0.25, 0.3) is 5.91 Å². The van der Waals surface area contributed by atoms with E-state index in [0.717, 1.165) is 29.1 Å². The minimum atomic E-state index is -0.544. The van der Waals surface area contributed by atoms with Gasteiger partial charge in [-0.2, -0.15) is 5.10 Å². The van der Waals surface area contributed by atoms with Gasteiger partial charge in [-0.1, -0.05) is 6.07 Å². The van der Waals surface area contributed by atoms with Crippen molar-refractivity contribution in [3.05, 3.63) is 59.7 Å². The van der Waals surface area contributed by atoms with Crippen molar-refractivity contribution < 1.29 is 14.6 Å². The van der Waals surface area contributed by atoms with Gasteiger partial charge in [0.2, 0.25) is 0 Å². The van der Waals surface area contributed by atoms with Crippen LogP contribution in [0.3, 0.4) is 0 Å². The van der Waals surface area contributed by atoms with E-state index in [0.29, 0.717) is 31.1 Å². The van der Waals surface area contributed by atoms with Crippen molar-refractivity contribution in [3.63, 3.8) is 0 Å². The van der Waals surface area contributed by atoms with Gasteiger partial charge in [0.05, 0.1) is 17.3 Å². The lowest BCUT2D eigenvalue weighted by Gasteiger charge is -2.35. The van der Waals surface area contributed by atoms with Crippen molar-refractivity contribution in [2.75, 3.05) is 13.1 Å². The standard InChI is InChI=1S/C23H26N4O3/c1-14-6-7-21(15(2)24-14)30-22-10-17-13-26(12-16(17)9-20(22)28)23(29)19-11-18-5-3-4-8-27(18)25-19/h3-8,11,16-17,20,22,28H,9-10,12-13H2,1-2H3/t16-,17+,20+,22+/m0/s1. The number of aromatic nitrogens is 3. The molecule has 3 aromatic rings. The van der Waals surface area contributed by atoms with E-state index in [9.17, 15) is 9.90 Å². The molecule has 2 aliphatic rings. The van der Waals surface area contributed by atoms with Crippen LogP contribution in [0.25, 0.3) is 5.52 Å². The van der Waals surface area contributed by atoms with E-state index in [2.05, 4.69) is 10.1 Å². The number of aliphatic hydroxyl groups excluding tert-OH is 1. The SMILES string of the molecule is Cc1ccc(O[C@@H]2C[C@@H]3CN(C(=O)c4cc5ccccn5n4)C[C@@H]3C[C@H]2O)c(C)n1.